The number of likely N-dealkylation sites (tertiary alicyclic amines) is 1. The van der Waals surface area contributed by atoms with E-state index < -0.39 is 11.9 Å². The quantitative estimate of drug-likeness (QED) is 0.905. The lowest BCUT2D eigenvalue weighted by molar-refractivity contribution is -0.121. The Balaban J connectivity index is 2.31. The van der Waals surface area contributed by atoms with Gasteiger partial charge in [-0.15, -0.1) is 0 Å². The molecule has 0 spiro atoms. The summed E-state index contributed by atoms with van der Waals surface area (Å²) in [5, 5.41) is 0.747. The number of halogens is 2. The average Bonchev–Trinajstić information content (AvgIpc) is 2.80. The van der Waals surface area contributed by atoms with E-state index in [0.717, 1.165) is 6.42 Å². The van der Waals surface area contributed by atoms with Gasteiger partial charge in [0.05, 0.1) is 10.6 Å². The van der Waals surface area contributed by atoms with E-state index in [2.05, 4.69) is 0 Å². The van der Waals surface area contributed by atoms with Crippen LogP contribution in [0.1, 0.15) is 23.2 Å². The van der Waals surface area contributed by atoms with Crippen LogP contribution in [0.3, 0.4) is 0 Å². The molecule has 96 valence electrons. The summed E-state index contributed by atoms with van der Waals surface area (Å²) >= 11 is 11.8. The molecule has 2 amide bonds. The number of hydrogen-bond acceptors (Lipinski definition) is 2. The molecule has 2 rings (SSSR count). The lowest BCUT2D eigenvalue weighted by Crippen LogP contribution is -2.43. The minimum atomic E-state index is -0.549. The minimum absolute atomic E-state index is 0.302. The smallest absolute Gasteiger partial charge is 0.256 e. The predicted octanol–water partition coefficient (Wildman–Crippen LogP) is 2.08. The molecule has 1 aromatic rings. The first-order valence-electron chi connectivity index (χ1n) is 5.56. The van der Waals surface area contributed by atoms with Gasteiger partial charge in [0.25, 0.3) is 5.91 Å². The van der Waals surface area contributed by atoms with Crippen LogP contribution in [0.15, 0.2) is 18.2 Å². The van der Waals surface area contributed by atoms with Crippen LogP contribution in [-0.2, 0) is 4.79 Å². The number of benzene rings is 1. The number of nitrogens with zero attached hydrogens (tertiary/aromatic N) is 1. The number of nitrogens with two attached hydrogens (primary N) is 1. The first-order chi connectivity index (χ1) is 8.50. The van der Waals surface area contributed by atoms with Gasteiger partial charge in [-0.1, -0.05) is 23.2 Å². The number of carbonyl (C=O) groups excluding carboxylic acids is 2. The van der Waals surface area contributed by atoms with Gasteiger partial charge in [-0.2, -0.15) is 0 Å². The zero-order valence-corrected chi connectivity index (χ0v) is 11.0. The van der Waals surface area contributed by atoms with Crippen molar-refractivity contribution in [1.29, 1.82) is 0 Å². The molecule has 0 aromatic heterocycles. The van der Waals surface area contributed by atoms with Crippen molar-refractivity contribution >= 4 is 35.0 Å². The molecule has 0 radical (unpaired) electrons. The molecule has 0 bridgehead atoms. The molecule has 1 aromatic carbocycles. The maximum atomic E-state index is 12.3. The summed E-state index contributed by atoms with van der Waals surface area (Å²) in [7, 11) is 0. The Morgan fingerprint density at radius 2 is 2.06 bits per heavy atom. The summed E-state index contributed by atoms with van der Waals surface area (Å²) in [6, 6.07) is 4.12. The highest BCUT2D eigenvalue weighted by atomic mass is 35.5. The Morgan fingerprint density at radius 3 is 2.72 bits per heavy atom. The molecule has 1 aliphatic rings. The summed E-state index contributed by atoms with van der Waals surface area (Å²) in [5.74, 6) is -0.789. The standard InChI is InChI=1S/C12H12Cl2N2O2/c13-7-3-4-9(14)8(6-7)12(18)16-5-1-2-10(16)11(15)17/h3-4,6,10H,1-2,5H2,(H2,15,17)/t10-/m1/s1. The molecule has 1 saturated heterocycles. The molecule has 1 aliphatic heterocycles. The molecule has 2 N–H and O–H groups in total. The Hall–Kier alpha value is -1.26. The van der Waals surface area contributed by atoms with Crippen LogP contribution in [0.25, 0.3) is 0 Å². The topological polar surface area (TPSA) is 63.4 Å². The second kappa shape index (κ2) is 5.16. The van der Waals surface area contributed by atoms with Gasteiger partial charge >= 0.3 is 0 Å². The third-order valence-corrected chi connectivity index (χ3v) is 3.57. The van der Waals surface area contributed by atoms with Gasteiger partial charge in [0.1, 0.15) is 6.04 Å². The van der Waals surface area contributed by atoms with Crippen LogP contribution < -0.4 is 5.73 Å². The lowest BCUT2D eigenvalue weighted by atomic mass is 10.1. The third kappa shape index (κ3) is 2.44. The second-order valence-electron chi connectivity index (χ2n) is 4.18. The zero-order chi connectivity index (χ0) is 13.3. The van der Waals surface area contributed by atoms with Crippen LogP contribution in [0.2, 0.25) is 10.0 Å². The molecule has 0 saturated carbocycles. The van der Waals surface area contributed by atoms with E-state index in [0.29, 0.717) is 28.6 Å². The van der Waals surface area contributed by atoms with Crippen molar-refractivity contribution in [2.75, 3.05) is 6.54 Å². The molecule has 1 fully saturated rings. The molecular weight excluding hydrogens is 275 g/mol. The van der Waals surface area contributed by atoms with Crippen molar-refractivity contribution in [1.82, 2.24) is 4.90 Å². The van der Waals surface area contributed by atoms with Crippen LogP contribution in [0.5, 0.6) is 0 Å². The lowest BCUT2D eigenvalue weighted by Gasteiger charge is -2.22. The largest absolute Gasteiger partial charge is 0.368 e. The Bertz CT molecular complexity index is 505. The number of rotatable bonds is 2. The summed E-state index contributed by atoms with van der Waals surface area (Å²) in [6.07, 6.45) is 1.36. The SMILES string of the molecule is NC(=O)[C@H]1CCCN1C(=O)c1cc(Cl)ccc1Cl. The average molecular weight is 287 g/mol. The van der Waals surface area contributed by atoms with Crippen molar-refractivity contribution in [2.24, 2.45) is 5.73 Å². The summed E-state index contributed by atoms with van der Waals surface area (Å²) in [6.45, 7) is 0.509. The predicted molar refractivity (Wildman–Crippen MR) is 69.7 cm³/mol. The van der Waals surface area contributed by atoms with Gasteiger partial charge < -0.3 is 10.6 Å². The number of carbonyl (C=O) groups is 2. The van der Waals surface area contributed by atoms with Crippen LogP contribution in [-0.4, -0.2) is 29.3 Å². The maximum Gasteiger partial charge on any atom is 0.256 e. The van der Waals surface area contributed by atoms with Crippen molar-refractivity contribution < 1.29 is 9.59 Å². The van der Waals surface area contributed by atoms with Crippen molar-refractivity contribution in [3.63, 3.8) is 0 Å². The Kier molecular flexibility index (Phi) is 3.78. The summed E-state index contributed by atoms with van der Waals surface area (Å²) in [4.78, 5) is 25.0. The molecule has 0 aliphatic carbocycles. The van der Waals surface area contributed by atoms with E-state index in [1.54, 1.807) is 12.1 Å². The summed E-state index contributed by atoms with van der Waals surface area (Å²) < 4.78 is 0. The fourth-order valence-electron chi connectivity index (χ4n) is 2.12. The van der Waals surface area contributed by atoms with E-state index in [1.807, 2.05) is 0 Å². The number of amides is 2. The molecular formula is C12H12Cl2N2O2. The van der Waals surface area contributed by atoms with E-state index in [4.69, 9.17) is 28.9 Å². The van der Waals surface area contributed by atoms with E-state index in [9.17, 15) is 9.59 Å². The molecule has 0 unspecified atom stereocenters. The molecule has 18 heavy (non-hydrogen) atoms. The van der Waals surface area contributed by atoms with Crippen LogP contribution >= 0.6 is 23.2 Å². The molecule has 4 nitrogen and oxygen atoms in total. The molecule has 6 heteroatoms. The second-order valence-corrected chi connectivity index (χ2v) is 5.03. The minimum Gasteiger partial charge on any atom is -0.368 e. The zero-order valence-electron chi connectivity index (χ0n) is 9.53. The molecule has 1 heterocycles. The normalized spacial score (nSPS) is 19.0. The number of primary amides is 1. The Morgan fingerprint density at radius 1 is 1.33 bits per heavy atom. The van der Waals surface area contributed by atoms with Crippen LogP contribution in [0.4, 0.5) is 0 Å². The van der Waals surface area contributed by atoms with Gasteiger partial charge in [-0.05, 0) is 31.0 Å². The highest BCUT2D eigenvalue weighted by Crippen LogP contribution is 2.26. The fraction of sp³-hybridized carbons (Fsp3) is 0.333. The first kappa shape index (κ1) is 13.2. The van der Waals surface area contributed by atoms with Gasteiger partial charge in [-0.25, -0.2) is 0 Å². The summed E-state index contributed by atoms with van der Waals surface area (Å²) in [5.41, 5.74) is 5.58. The van der Waals surface area contributed by atoms with Gasteiger partial charge in [-0.3, -0.25) is 9.59 Å². The van der Waals surface area contributed by atoms with E-state index in [-0.39, 0.29) is 5.91 Å². The monoisotopic (exact) mass is 286 g/mol. The van der Waals surface area contributed by atoms with Crippen molar-refractivity contribution in [3.8, 4) is 0 Å². The fourth-order valence-corrected chi connectivity index (χ4v) is 2.49. The van der Waals surface area contributed by atoms with Gasteiger partial charge in [0, 0.05) is 11.6 Å². The van der Waals surface area contributed by atoms with E-state index >= 15 is 0 Å². The van der Waals surface area contributed by atoms with Crippen LogP contribution in [0, 0.1) is 0 Å². The third-order valence-electron chi connectivity index (χ3n) is 3.00. The first-order valence-corrected chi connectivity index (χ1v) is 6.31. The van der Waals surface area contributed by atoms with E-state index in [1.165, 1.54) is 11.0 Å². The Labute approximate surface area is 115 Å². The highest BCUT2D eigenvalue weighted by molar-refractivity contribution is 6.35. The molecule has 1 atom stereocenters. The maximum absolute atomic E-state index is 12.3. The van der Waals surface area contributed by atoms with Crippen molar-refractivity contribution in [2.45, 2.75) is 18.9 Å². The van der Waals surface area contributed by atoms with Gasteiger partial charge in [0.2, 0.25) is 5.91 Å². The highest BCUT2D eigenvalue weighted by Gasteiger charge is 2.33. The van der Waals surface area contributed by atoms with Gasteiger partial charge in [0.15, 0.2) is 0 Å². The number of hydrogen-bond donors (Lipinski definition) is 1. The van der Waals surface area contributed by atoms with Crippen molar-refractivity contribution in [3.05, 3.63) is 33.8 Å².